The van der Waals surface area contributed by atoms with E-state index in [9.17, 15) is 9.59 Å². The Hall–Kier alpha value is -3.63. The van der Waals surface area contributed by atoms with Gasteiger partial charge in [-0.05, 0) is 60.7 Å². The van der Waals surface area contributed by atoms with Crippen molar-refractivity contribution in [2.75, 3.05) is 12.9 Å². The highest BCUT2D eigenvalue weighted by molar-refractivity contribution is 9.10. The van der Waals surface area contributed by atoms with Crippen molar-refractivity contribution in [2.45, 2.75) is 5.16 Å². The summed E-state index contributed by atoms with van der Waals surface area (Å²) in [4.78, 5) is 24.6. The van der Waals surface area contributed by atoms with Crippen LogP contribution < -0.4 is 15.6 Å². The molecule has 4 aromatic rings. The minimum Gasteiger partial charge on any atom is -0.497 e. The van der Waals surface area contributed by atoms with Crippen molar-refractivity contribution in [1.82, 2.24) is 25.6 Å². The summed E-state index contributed by atoms with van der Waals surface area (Å²) < 4.78 is 7.99. The zero-order valence-electron chi connectivity index (χ0n) is 18.1. The van der Waals surface area contributed by atoms with Crippen LogP contribution in [0.3, 0.4) is 0 Å². The van der Waals surface area contributed by atoms with Gasteiger partial charge in [-0.1, -0.05) is 45.9 Å². The lowest BCUT2D eigenvalue weighted by molar-refractivity contribution is -0.119. The molecule has 0 unspecified atom stereocenters. The molecule has 4 rings (SSSR count). The van der Waals surface area contributed by atoms with Gasteiger partial charge in [0.1, 0.15) is 5.75 Å². The maximum atomic E-state index is 12.4. The highest BCUT2D eigenvalue weighted by Gasteiger charge is 2.17. The number of nitrogens with one attached hydrogen (secondary N) is 2. The van der Waals surface area contributed by atoms with E-state index in [-0.39, 0.29) is 11.7 Å². The number of aromatic nitrogens is 3. The first-order valence-corrected chi connectivity index (χ1v) is 12.0. The Morgan fingerprint density at radius 2 is 1.65 bits per heavy atom. The predicted octanol–water partition coefficient (Wildman–Crippen LogP) is 4.26. The Balaban J connectivity index is 1.47. The summed E-state index contributed by atoms with van der Waals surface area (Å²) in [5, 5.41) is 9.22. The first kappa shape index (κ1) is 23.5. The lowest BCUT2D eigenvalue weighted by Crippen LogP contribution is -2.42. The zero-order valence-corrected chi connectivity index (χ0v) is 20.5. The Labute approximate surface area is 208 Å². The number of hydrazine groups is 1. The largest absolute Gasteiger partial charge is 0.497 e. The lowest BCUT2D eigenvalue weighted by Gasteiger charge is -2.11. The fourth-order valence-electron chi connectivity index (χ4n) is 3.07. The van der Waals surface area contributed by atoms with Gasteiger partial charge in [-0.2, -0.15) is 0 Å². The lowest BCUT2D eigenvalue weighted by atomic mass is 10.2. The summed E-state index contributed by atoms with van der Waals surface area (Å²) in [5.41, 5.74) is 7.01. The smallest absolute Gasteiger partial charge is 0.269 e. The van der Waals surface area contributed by atoms with Crippen LogP contribution in [0.2, 0.25) is 0 Å². The van der Waals surface area contributed by atoms with Crippen molar-refractivity contribution in [2.24, 2.45) is 0 Å². The molecule has 10 heteroatoms. The van der Waals surface area contributed by atoms with Crippen molar-refractivity contribution >= 4 is 39.5 Å². The summed E-state index contributed by atoms with van der Waals surface area (Å²) in [7, 11) is 1.61. The molecular weight excluding hydrogens is 518 g/mol. The number of hydrogen-bond donors (Lipinski definition) is 2. The van der Waals surface area contributed by atoms with Crippen molar-refractivity contribution in [3.8, 4) is 22.8 Å². The number of nitrogens with zero attached hydrogens (tertiary/aromatic N) is 3. The van der Waals surface area contributed by atoms with Crippen molar-refractivity contribution in [1.29, 1.82) is 0 Å². The van der Waals surface area contributed by atoms with Gasteiger partial charge < -0.3 is 4.74 Å². The van der Waals surface area contributed by atoms with E-state index in [1.165, 1.54) is 11.8 Å². The number of thioether (sulfide) groups is 1. The fraction of sp³-hybridized carbons (Fsp3) is 0.0833. The molecule has 0 saturated heterocycles. The van der Waals surface area contributed by atoms with Gasteiger partial charge in [-0.3, -0.25) is 25.0 Å². The van der Waals surface area contributed by atoms with Crippen LogP contribution in [0.4, 0.5) is 0 Å². The molecule has 1 aromatic heterocycles. The van der Waals surface area contributed by atoms with Crippen molar-refractivity contribution < 1.29 is 14.3 Å². The fourth-order valence-corrected chi connectivity index (χ4v) is 4.08. The number of methoxy groups -OCH3 is 1. The van der Waals surface area contributed by atoms with E-state index < -0.39 is 5.91 Å². The average molecular weight is 538 g/mol. The van der Waals surface area contributed by atoms with Crippen LogP contribution in [0.15, 0.2) is 88.5 Å². The van der Waals surface area contributed by atoms with Crippen LogP contribution in [0.25, 0.3) is 17.1 Å². The third-order valence-electron chi connectivity index (χ3n) is 4.75. The van der Waals surface area contributed by atoms with Crippen molar-refractivity contribution in [3.05, 3.63) is 88.9 Å². The standard InChI is InChI=1S/C24H20BrN5O3S/c1-33-20-13-9-16(10-14-20)22-27-29-24(30(22)19-5-3-2-4-6-19)34-15-21(31)26-28-23(32)17-7-11-18(25)12-8-17/h2-14H,15H2,1H3,(H,26,31)(H,28,32). The summed E-state index contributed by atoms with van der Waals surface area (Å²) in [5.74, 6) is 0.643. The Morgan fingerprint density at radius 3 is 2.32 bits per heavy atom. The molecule has 2 N–H and O–H groups in total. The molecular formula is C24H20BrN5O3S. The monoisotopic (exact) mass is 537 g/mol. The van der Waals surface area contributed by atoms with Gasteiger partial charge in [0.05, 0.1) is 12.9 Å². The van der Waals surface area contributed by atoms with Crippen molar-refractivity contribution in [3.63, 3.8) is 0 Å². The highest BCUT2D eigenvalue weighted by Crippen LogP contribution is 2.28. The average Bonchev–Trinajstić information content (AvgIpc) is 3.31. The van der Waals surface area contributed by atoms with Crippen LogP contribution in [0.5, 0.6) is 5.75 Å². The minimum absolute atomic E-state index is 0.0359. The molecule has 0 fully saturated rings. The number of halogens is 1. The Bertz CT molecular complexity index is 1280. The van der Waals surface area contributed by atoms with E-state index in [4.69, 9.17) is 4.74 Å². The Kier molecular flexibility index (Phi) is 7.61. The molecule has 0 saturated carbocycles. The summed E-state index contributed by atoms with van der Waals surface area (Å²) in [6, 6.07) is 24.0. The maximum Gasteiger partial charge on any atom is 0.269 e. The van der Waals surface area contributed by atoms with Gasteiger partial charge in [0.25, 0.3) is 5.91 Å². The minimum atomic E-state index is -0.403. The van der Waals surface area contributed by atoms with E-state index in [1.807, 2.05) is 59.2 Å². The number of carbonyl (C=O) groups excluding carboxylic acids is 2. The molecule has 0 aliphatic carbocycles. The van der Waals surface area contributed by atoms with E-state index >= 15 is 0 Å². The third kappa shape index (κ3) is 5.64. The predicted molar refractivity (Wildman–Crippen MR) is 134 cm³/mol. The van der Waals surface area contributed by atoms with Crippen LogP contribution >= 0.6 is 27.7 Å². The zero-order chi connectivity index (χ0) is 23.9. The molecule has 34 heavy (non-hydrogen) atoms. The second-order valence-corrected chi connectivity index (χ2v) is 8.86. The number of benzene rings is 3. The van der Waals surface area contributed by atoms with Gasteiger partial charge in [-0.15, -0.1) is 10.2 Å². The normalized spacial score (nSPS) is 10.5. The second-order valence-electron chi connectivity index (χ2n) is 7.00. The SMILES string of the molecule is COc1ccc(-c2nnc(SCC(=O)NNC(=O)c3ccc(Br)cc3)n2-c2ccccc2)cc1. The van der Waals surface area contributed by atoms with Gasteiger partial charge >= 0.3 is 0 Å². The molecule has 2 amide bonds. The van der Waals surface area contributed by atoms with E-state index in [0.717, 1.165) is 21.5 Å². The molecule has 3 aromatic carbocycles. The molecule has 0 aliphatic rings. The molecule has 0 bridgehead atoms. The molecule has 1 heterocycles. The first-order valence-electron chi connectivity index (χ1n) is 10.2. The van der Waals surface area contributed by atoms with Crippen LogP contribution in [0.1, 0.15) is 10.4 Å². The highest BCUT2D eigenvalue weighted by atomic mass is 79.9. The summed E-state index contributed by atoms with van der Waals surface area (Å²) >= 11 is 4.54. The second kappa shape index (κ2) is 11.0. The molecule has 0 aliphatic heterocycles. The molecule has 8 nitrogen and oxygen atoms in total. The number of amides is 2. The third-order valence-corrected chi connectivity index (χ3v) is 6.21. The summed E-state index contributed by atoms with van der Waals surface area (Å²) in [6.07, 6.45) is 0. The van der Waals surface area contributed by atoms with Gasteiger partial charge in [0.2, 0.25) is 5.91 Å². The number of carbonyl (C=O) groups is 2. The molecule has 0 radical (unpaired) electrons. The van der Waals surface area contributed by atoms with E-state index in [0.29, 0.717) is 16.5 Å². The molecule has 0 atom stereocenters. The van der Waals surface area contributed by atoms with Crippen LogP contribution in [-0.4, -0.2) is 39.4 Å². The molecule has 0 spiro atoms. The van der Waals surface area contributed by atoms with E-state index in [2.05, 4.69) is 37.0 Å². The van der Waals surface area contributed by atoms with Gasteiger partial charge in [0, 0.05) is 21.3 Å². The maximum absolute atomic E-state index is 12.4. The van der Waals surface area contributed by atoms with Gasteiger partial charge in [0.15, 0.2) is 11.0 Å². The number of ether oxygens (including phenoxy) is 1. The molecule has 172 valence electrons. The number of para-hydroxylation sites is 1. The topological polar surface area (TPSA) is 98.1 Å². The Morgan fingerprint density at radius 1 is 0.941 bits per heavy atom. The van der Waals surface area contributed by atoms with Crippen LogP contribution in [0, 0.1) is 0 Å². The number of rotatable bonds is 7. The van der Waals surface area contributed by atoms with Gasteiger partial charge in [-0.25, -0.2) is 0 Å². The first-order chi connectivity index (χ1) is 16.5. The van der Waals surface area contributed by atoms with E-state index in [1.54, 1.807) is 31.4 Å². The number of hydrogen-bond acceptors (Lipinski definition) is 6. The quantitative estimate of drug-likeness (QED) is 0.270. The van der Waals surface area contributed by atoms with Crippen LogP contribution in [-0.2, 0) is 4.79 Å². The summed E-state index contributed by atoms with van der Waals surface area (Å²) in [6.45, 7) is 0.